The van der Waals surface area contributed by atoms with Crippen molar-refractivity contribution in [2.24, 2.45) is 0 Å². The Morgan fingerprint density at radius 1 is 0.944 bits per heavy atom. The van der Waals surface area contributed by atoms with E-state index in [0.29, 0.717) is 6.42 Å². The van der Waals surface area contributed by atoms with Gasteiger partial charge in [0.2, 0.25) is 0 Å². The van der Waals surface area contributed by atoms with E-state index in [1.807, 2.05) is 42.5 Å². The summed E-state index contributed by atoms with van der Waals surface area (Å²) < 4.78 is 0. The quantitative estimate of drug-likeness (QED) is 0.823. The Morgan fingerprint density at radius 2 is 1.50 bits per heavy atom. The molecule has 2 atom stereocenters. The van der Waals surface area contributed by atoms with Gasteiger partial charge in [-0.1, -0.05) is 48.5 Å². The van der Waals surface area contributed by atoms with Crippen LogP contribution in [0, 0.1) is 11.3 Å². The maximum absolute atomic E-state index is 10.4. The van der Waals surface area contributed by atoms with E-state index >= 15 is 0 Å². The van der Waals surface area contributed by atoms with Crippen molar-refractivity contribution >= 4 is 0 Å². The topological polar surface area (TPSA) is 44.0 Å². The Bertz CT molecular complexity index is 627. The molecule has 0 heterocycles. The minimum Gasteiger partial charge on any atom is -0.388 e. The first-order valence-corrected chi connectivity index (χ1v) is 6.06. The van der Waals surface area contributed by atoms with Gasteiger partial charge in [-0.2, -0.15) is 5.26 Å². The molecule has 2 nitrogen and oxygen atoms in total. The van der Waals surface area contributed by atoms with Gasteiger partial charge in [0, 0.05) is 12.3 Å². The summed E-state index contributed by atoms with van der Waals surface area (Å²) in [6.07, 6.45) is -0.247. The summed E-state index contributed by atoms with van der Waals surface area (Å²) in [5, 5.41) is 19.4. The summed E-state index contributed by atoms with van der Waals surface area (Å²) in [7, 11) is 0. The van der Waals surface area contributed by atoms with E-state index in [1.54, 1.807) is 0 Å². The van der Waals surface area contributed by atoms with Crippen molar-refractivity contribution in [3.05, 3.63) is 59.7 Å². The molecule has 0 saturated heterocycles. The van der Waals surface area contributed by atoms with Gasteiger partial charge in [-0.25, -0.2) is 0 Å². The zero-order valence-corrected chi connectivity index (χ0v) is 9.88. The Hall–Kier alpha value is -2.11. The average molecular weight is 235 g/mol. The van der Waals surface area contributed by atoms with Crippen LogP contribution in [0.2, 0.25) is 0 Å². The number of benzene rings is 2. The van der Waals surface area contributed by atoms with Gasteiger partial charge < -0.3 is 5.11 Å². The normalized spacial score (nSPS) is 20.7. The first kappa shape index (κ1) is 11.0. The maximum atomic E-state index is 10.4. The highest BCUT2D eigenvalue weighted by Crippen LogP contribution is 2.46. The van der Waals surface area contributed by atoms with Crippen molar-refractivity contribution in [1.82, 2.24) is 0 Å². The summed E-state index contributed by atoms with van der Waals surface area (Å²) >= 11 is 0. The van der Waals surface area contributed by atoms with Gasteiger partial charge in [0.05, 0.1) is 12.2 Å². The lowest BCUT2D eigenvalue weighted by molar-refractivity contribution is 0.144. The van der Waals surface area contributed by atoms with Crippen LogP contribution in [0.3, 0.4) is 0 Å². The molecule has 88 valence electrons. The second-order valence-electron chi connectivity index (χ2n) is 4.59. The van der Waals surface area contributed by atoms with Crippen LogP contribution in [0.5, 0.6) is 0 Å². The fourth-order valence-electron chi connectivity index (χ4n) is 2.77. The molecule has 0 fully saturated rings. The van der Waals surface area contributed by atoms with Crippen LogP contribution >= 0.6 is 0 Å². The molecule has 0 spiro atoms. The van der Waals surface area contributed by atoms with Crippen LogP contribution in [0.1, 0.15) is 29.6 Å². The van der Waals surface area contributed by atoms with Crippen LogP contribution in [-0.4, -0.2) is 5.11 Å². The van der Waals surface area contributed by atoms with E-state index in [1.165, 1.54) is 0 Å². The van der Waals surface area contributed by atoms with Crippen molar-refractivity contribution in [1.29, 1.82) is 5.26 Å². The van der Waals surface area contributed by atoms with E-state index < -0.39 is 6.10 Å². The summed E-state index contributed by atoms with van der Waals surface area (Å²) in [6.45, 7) is 0. The van der Waals surface area contributed by atoms with E-state index in [4.69, 9.17) is 5.26 Å². The number of nitrogens with zero attached hydrogens (tertiary/aromatic N) is 1. The van der Waals surface area contributed by atoms with Crippen molar-refractivity contribution in [2.75, 3.05) is 0 Å². The number of rotatable bonds is 1. The molecule has 1 aliphatic rings. The molecular formula is C16H13NO. The van der Waals surface area contributed by atoms with Crippen LogP contribution in [0.25, 0.3) is 11.1 Å². The third kappa shape index (κ3) is 1.53. The molecule has 0 amide bonds. The second-order valence-corrected chi connectivity index (χ2v) is 4.59. The lowest BCUT2D eigenvalue weighted by Gasteiger charge is -2.31. The molecule has 1 N–H and O–H groups in total. The highest BCUT2D eigenvalue weighted by Gasteiger charge is 2.31. The van der Waals surface area contributed by atoms with E-state index in [0.717, 1.165) is 22.3 Å². The maximum Gasteiger partial charge on any atom is 0.0874 e. The number of fused-ring (bicyclic) bond motifs is 3. The van der Waals surface area contributed by atoms with E-state index in [2.05, 4.69) is 12.1 Å². The Labute approximate surface area is 106 Å². The van der Waals surface area contributed by atoms with Gasteiger partial charge in [0.15, 0.2) is 0 Å². The predicted octanol–water partition coefficient (Wildman–Crippen LogP) is 3.40. The Balaban J connectivity index is 2.25. The van der Waals surface area contributed by atoms with Crippen molar-refractivity contribution in [2.45, 2.75) is 18.4 Å². The summed E-state index contributed by atoms with van der Waals surface area (Å²) in [5.74, 6) is -0.124. The van der Waals surface area contributed by atoms with Crippen molar-refractivity contribution in [3.8, 4) is 17.2 Å². The number of aliphatic hydroxyl groups is 1. The van der Waals surface area contributed by atoms with Crippen LogP contribution < -0.4 is 0 Å². The van der Waals surface area contributed by atoms with Crippen LogP contribution in [0.4, 0.5) is 0 Å². The monoisotopic (exact) mass is 235 g/mol. The molecule has 0 bridgehead atoms. The number of hydrogen-bond acceptors (Lipinski definition) is 2. The van der Waals surface area contributed by atoms with Crippen molar-refractivity contribution in [3.63, 3.8) is 0 Å². The molecule has 0 aliphatic heterocycles. The lowest BCUT2D eigenvalue weighted by Crippen LogP contribution is -2.17. The molecule has 2 heteroatoms. The molecular weight excluding hydrogens is 222 g/mol. The highest BCUT2D eigenvalue weighted by molar-refractivity contribution is 5.74. The van der Waals surface area contributed by atoms with E-state index in [9.17, 15) is 5.11 Å². The molecule has 2 aromatic rings. The summed E-state index contributed by atoms with van der Waals surface area (Å²) in [6, 6.07) is 18.1. The first-order chi connectivity index (χ1) is 8.83. The fraction of sp³-hybridized carbons (Fsp3) is 0.188. The number of hydrogen-bond donors (Lipinski definition) is 1. The van der Waals surface area contributed by atoms with Crippen molar-refractivity contribution < 1.29 is 5.11 Å². The molecule has 0 unspecified atom stereocenters. The molecule has 2 aromatic carbocycles. The van der Waals surface area contributed by atoms with Gasteiger partial charge >= 0.3 is 0 Å². The Morgan fingerprint density at radius 3 is 2.17 bits per heavy atom. The summed E-state index contributed by atoms with van der Waals surface area (Å²) in [5.41, 5.74) is 4.22. The summed E-state index contributed by atoms with van der Waals surface area (Å²) in [4.78, 5) is 0. The molecule has 18 heavy (non-hydrogen) atoms. The van der Waals surface area contributed by atoms with Gasteiger partial charge in [-0.3, -0.25) is 0 Å². The largest absolute Gasteiger partial charge is 0.388 e. The van der Waals surface area contributed by atoms with Gasteiger partial charge in [0.25, 0.3) is 0 Å². The molecule has 1 aliphatic carbocycles. The van der Waals surface area contributed by atoms with Gasteiger partial charge in [-0.15, -0.1) is 0 Å². The minimum absolute atomic E-state index is 0.124. The second kappa shape index (κ2) is 4.29. The third-order valence-electron chi connectivity index (χ3n) is 3.62. The molecule has 3 rings (SSSR count). The minimum atomic E-state index is -0.587. The van der Waals surface area contributed by atoms with Crippen LogP contribution in [-0.2, 0) is 0 Å². The molecule has 0 radical (unpaired) electrons. The van der Waals surface area contributed by atoms with Gasteiger partial charge in [-0.05, 0) is 22.3 Å². The van der Waals surface area contributed by atoms with Crippen LogP contribution in [0.15, 0.2) is 48.5 Å². The standard InChI is InChI=1S/C16H13NO/c17-10-9-15-13-7-2-1-5-11(13)12-6-3-4-8-14(12)16(15)18/h1-8,15-16,18H,9H2/t15-,16-/m1/s1. The Kier molecular flexibility index (Phi) is 2.62. The SMILES string of the molecule is N#CC[C@@H]1c2ccccc2-c2ccccc2[C@H]1O. The third-order valence-corrected chi connectivity index (χ3v) is 3.62. The number of nitriles is 1. The smallest absolute Gasteiger partial charge is 0.0874 e. The lowest BCUT2D eigenvalue weighted by atomic mass is 9.76. The van der Waals surface area contributed by atoms with Gasteiger partial charge in [0.1, 0.15) is 0 Å². The molecule has 0 aromatic heterocycles. The molecule has 0 saturated carbocycles. The fourth-order valence-corrected chi connectivity index (χ4v) is 2.77. The zero-order valence-electron chi connectivity index (χ0n) is 9.88. The predicted molar refractivity (Wildman–Crippen MR) is 69.8 cm³/mol. The first-order valence-electron chi connectivity index (χ1n) is 6.06. The number of aliphatic hydroxyl groups excluding tert-OH is 1. The zero-order chi connectivity index (χ0) is 12.5. The average Bonchev–Trinajstić information content (AvgIpc) is 2.43. The van der Waals surface area contributed by atoms with E-state index in [-0.39, 0.29) is 5.92 Å². The highest BCUT2D eigenvalue weighted by atomic mass is 16.3.